The first kappa shape index (κ1) is 80.9. The molecule has 6 aliphatic heterocycles. The Hall–Kier alpha value is -1.58. The van der Waals surface area contributed by atoms with Crippen molar-refractivity contribution in [3.8, 4) is 0 Å². The highest BCUT2D eigenvalue weighted by molar-refractivity contribution is 5.32. The van der Waals surface area contributed by atoms with Crippen molar-refractivity contribution in [1.29, 1.82) is 0 Å². The lowest BCUT2D eigenvalue weighted by Gasteiger charge is -2.67. The summed E-state index contributed by atoms with van der Waals surface area (Å²) in [6, 6.07) is 0. The Morgan fingerprint density at radius 1 is 0.480 bits per heavy atom. The van der Waals surface area contributed by atoms with Gasteiger partial charge in [0.1, 0.15) is 128 Å². The normalized spacial score (nSPS) is 52.1. The number of fused-ring (bicyclic) bond motifs is 5. The minimum absolute atomic E-state index is 0.0232. The SMILES string of the molecule is CC(CCC(OC1OC(COC2OC(CO)C(C)C(O)C2O)C(O)C(O)C1OC1OC(CO)C(O)C(O)C1O)C(C)(C)O)C1CCC2(C)C3CC=C4C(CCC(OC5OC(COC6OC(CO)C(O)C(O)C6O)C(O)C(O)C5OC5OC(CO)C(O)C(O)C5O)C4(C)C)C3(C)C(O)CC12C. The molecule has 40 unspecified atom stereocenters. The summed E-state index contributed by atoms with van der Waals surface area (Å²) in [6.07, 6.45) is -45.2. The van der Waals surface area contributed by atoms with Gasteiger partial charge in [0.2, 0.25) is 0 Å². The fourth-order valence-corrected chi connectivity index (χ4v) is 18.7. The third-order valence-electron chi connectivity index (χ3n) is 25.4. The second-order valence-corrected chi connectivity index (χ2v) is 31.9. The standard InChI is InChI=1S/C67H114O33/c1-25(10-14-39(64(5,6)88)98-62-56(100-60-54(87)48(81)43(76)33(22-71)94-60)50(83)45(78)35(96-62)23-89-57-51(84)40(73)26(2)30(19-68)91-57)27-16-17-65(7)36-13-11-28-29(67(36,9)37(72)18-66(27,65)8)12-15-38(63(28,3)4)97-61-55(99-59-53(86)47(80)42(75)32(21-70)93-59)49(82)44(77)34(95-61)24-90-58-52(85)46(79)41(74)31(20-69)92-58/h11,25-27,29-62,68-88H,10,12-24H2,1-9H3. The Morgan fingerprint density at radius 2 is 0.910 bits per heavy atom. The average molecular weight is 1450 g/mol. The van der Waals surface area contributed by atoms with Crippen LogP contribution in [0.15, 0.2) is 11.6 Å². The van der Waals surface area contributed by atoms with E-state index < -0.39 is 264 Å². The molecule has 0 aromatic rings. The van der Waals surface area contributed by atoms with Gasteiger partial charge in [-0.25, -0.2) is 0 Å². The minimum atomic E-state index is -1.95. The van der Waals surface area contributed by atoms with Crippen LogP contribution >= 0.6 is 0 Å². The maximum Gasteiger partial charge on any atom is 0.187 e. The molecule has 100 heavy (non-hydrogen) atoms. The molecule has 0 radical (unpaired) electrons. The third kappa shape index (κ3) is 14.8. The van der Waals surface area contributed by atoms with E-state index in [1.807, 2.05) is 13.8 Å². The van der Waals surface area contributed by atoms with Crippen molar-refractivity contribution in [3.05, 3.63) is 11.6 Å². The minimum Gasteiger partial charge on any atom is -0.394 e. The van der Waals surface area contributed by atoms with Gasteiger partial charge in [-0.3, -0.25) is 0 Å². The van der Waals surface area contributed by atoms with Crippen LogP contribution < -0.4 is 0 Å². The zero-order valence-corrected chi connectivity index (χ0v) is 58.1. The zero-order valence-electron chi connectivity index (χ0n) is 58.1. The summed E-state index contributed by atoms with van der Waals surface area (Å²) in [5, 5.41) is 230. The molecule has 10 aliphatic rings. The summed E-state index contributed by atoms with van der Waals surface area (Å²) in [6.45, 7) is 13.3. The van der Waals surface area contributed by atoms with Crippen molar-refractivity contribution in [2.75, 3.05) is 39.6 Å². The van der Waals surface area contributed by atoms with Crippen LogP contribution in [0.2, 0.25) is 0 Å². The van der Waals surface area contributed by atoms with Gasteiger partial charge in [-0.2, -0.15) is 0 Å². The number of hydrogen-bond acceptors (Lipinski definition) is 33. The van der Waals surface area contributed by atoms with Gasteiger partial charge in [-0.15, -0.1) is 0 Å². The van der Waals surface area contributed by atoms with Gasteiger partial charge in [0.15, 0.2) is 37.7 Å². The second kappa shape index (κ2) is 31.6. The molecule has 580 valence electrons. The Kier molecular flexibility index (Phi) is 25.5. The van der Waals surface area contributed by atoms with Crippen molar-refractivity contribution < 1.29 is 164 Å². The lowest BCUT2D eigenvalue weighted by atomic mass is 9.38. The molecule has 0 bridgehead atoms. The number of allylic oxidation sites excluding steroid dienone is 1. The zero-order chi connectivity index (χ0) is 73.5. The van der Waals surface area contributed by atoms with Crippen LogP contribution in [0.25, 0.3) is 0 Å². The number of rotatable bonds is 23. The smallest absolute Gasteiger partial charge is 0.187 e. The Morgan fingerprint density at radius 3 is 1.40 bits per heavy atom. The molecule has 3 saturated carbocycles. The first-order chi connectivity index (χ1) is 46.9. The summed E-state index contributed by atoms with van der Waals surface area (Å²) in [5.74, 6) is -0.958. The van der Waals surface area contributed by atoms with Gasteiger partial charge in [0, 0.05) is 16.7 Å². The van der Waals surface area contributed by atoms with E-state index in [0.29, 0.717) is 32.1 Å². The largest absolute Gasteiger partial charge is 0.394 e. The van der Waals surface area contributed by atoms with Crippen LogP contribution in [0.3, 0.4) is 0 Å². The fraction of sp³-hybridized carbons (Fsp3) is 0.970. The summed E-state index contributed by atoms with van der Waals surface area (Å²) in [4.78, 5) is 0. The Balaban J connectivity index is 0.853. The van der Waals surface area contributed by atoms with Crippen LogP contribution in [-0.4, -0.2) is 349 Å². The third-order valence-corrected chi connectivity index (χ3v) is 25.4. The number of hydrogen-bond donors (Lipinski definition) is 21. The maximum atomic E-state index is 13.0. The van der Waals surface area contributed by atoms with E-state index in [2.05, 4.69) is 33.8 Å². The Labute approximate surface area is 580 Å². The van der Waals surface area contributed by atoms with Gasteiger partial charge in [-0.05, 0) is 99.7 Å². The summed E-state index contributed by atoms with van der Waals surface area (Å²) < 4.78 is 72.5. The van der Waals surface area contributed by atoms with E-state index in [4.69, 9.17) is 56.8 Å². The molecule has 0 spiro atoms. The first-order valence-corrected chi connectivity index (χ1v) is 35.4. The Bertz CT molecular complexity index is 2670. The van der Waals surface area contributed by atoms with E-state index in [1.165, 1.54) is 13.8 Å². The molecule has 21 N–H and O–H groups in total. The molecular weight excluding hydrogens is 1330 g/mol. The van der Waals surface area contributed by atoms with Gasteiger partial charge >= 0.3 is 0 Å². The predicted molar refractivity (Wildman–Crippen MR) is 336 cm³/mol. The molecule has 9 fully saturated rings. The van der Waals surface area contributed by atoms with E-state index in [1.54, 1.807) is 6.92 Å². The number of aliphatic hydroxyl groups is 21. The van der Waals surface area contributed by atoms with E-state index in [0.717, 1.165) is 18.4 Å². The lowest BCUT2D eigenvalue weighted by molar-refractivity contribution is -0.380. The summed E-state index contributed by atoms with van der Waals surface area (Å²) >= 11 is 0. The van der Waals surface area contributed by atoms with Crippen molar-refractivity contribution >= 4 is 0 Å². The van der Waals surface area contributed by atoms with Crippen LogP contribution in [0.4, 0.5) is 0 Å². The monoisotopic (exact) mass is 1450 g/mol. The van der Waals surface area contributed by atoms with Gasteiger partial charge in [-0.1, -0.05) is 60.1 Å². The second-order valence-electron chi connectivity index (χ2n) is 31.9. The maximum absolute atomic E-state index is 13.0. The number of ether oxygens (including phenoxy) is 12. The molecule has 0 aromatic carbocycles. The van der Waals surface area contributed by atoms with Crippen LogP contribution in [0.1, 0.15) is 114 Å². The first-order valence-electron chi connectivity index (χ1n) is 35.4. The van der Waals surface area contributed by atoms with E-state index in [9.17, 15) is 107 Å². The fourth-order valence-electron chi connectivity index (χ4n) is 18.7. The lowest BCUT2D eigenvalue weighted by Crippen LogP contribution is -2.66. The summed E-state index contributed by atoms with van der Waals surface area (Å²) in [5.41, 5.74) is -2.95. The van der Waals surface area contributed by atoms with Gasteiger partial charge in [0.05, 0.1) is 75.8 Å². The van der Waals surface area contributed by atoms with Crippen LogP contribution in [0, 0.1) is 51.2 Å². The van der Waals surface area contributed by atoms with Crippen molar-refractivity contribution in [2.24, 2.45) is 51.2 Å². The van der Waals surface area contributed by atoms with E-state index >= 15 is 0 Å². The van der Waals surface area contributed by atoms with Gasteiger partial charge < -0.3 is 164 Å². The highest BCUT2D eigenvalue weighted by Gasteiger charge is 2.71. The molecule has 6 heterocycles. The predicted octanol–water partition coefficient (Wildman–Crippen LogP) is -6.31. The van der Waals surface area contributed by atoms with Crippen LogP contribution in [0.5, 0.6) is 0 Å². The molecule has 4 aliphatic carbocycles. The molecule has 33 nitrogen and oxygen atoms in total. The summed E-state index contributed by atoms with van der Waals surface area (Å²) in [7, 11) is 0. The van der Waals surface area contributed by atoms with E-state index in [-0.39, 0.29) is 35.5 Å². The molecule has 0 amide bonds. The van der Waals surface area contributed by atoms with Crippen molar-refractivity contribution in [3.63, 3.8) is 0 Å². The quantitative estimate of drug-likeness (QED) is 0.0423. The molecule has 33 heteroatoms. The average Bonchev–Trinajstić information content (AvgIpc) is 1.33. The number of aliphatic hydroxyl groups excluding tert-OH is 20. The highest BCUT2D eigenvalue weighted by Crippen LogP contribution is 2.75. The molecule has 0 aromatic heterocycles. The topological polar surface area (TPSA) is 536 Å². The molecule has 10 rings (SSSR count). The molecule has 40 atom stereocenters. The molecule has 6 saturated heterocycles. The van der Waals surface area contributed by atoms with Crippen LogP contribution in [-0.2, 0) is 56.8 Å². The highest BCUT2D eigenvalue weighted by atomic mass is 16.8. The molecular formula is C67H114O33. The van der Waals surface area contributed by atoms with Gasteiger partial charge in [0.25, 0.3) is 0 Å². The van der Waals surface area contributed by atoms with Crippen molar-refractivity contribution in [1.82, 2.24) is 0 Å². The van der Waals surface area contributed by atoms with Crippen molar-refractivity contribution in [2.45, 2.75) is 316 Å².